The van der Waals surface area contributed by atoms with E-state index in [0.29, 0.717) is 12.1 Å². The van der Waals surface area contributed by atoms with E-state index in [4.69, 9.17) is 5.73 Å². The van der Waals surface area contributed by atoms with Gasteiger partial charge in [0.15, 0.2) is 0 Å². The molecule has 1 amide bonds. The molecular formula is C13H16N2O. The fourth-order valence-corrected chi connectivity index (χ4v) is 2.02. The summed E-state index contributed by atoms with van der Waals surface area (Å²) in [5, 5.41) is 0. The smallest absolute Gasteiger partial charge is 0.259 e. The Balaban J connectivity index is 2.51. The van der Waals surface area contributed by atoms with Crippen molar-refractivity contribution in [3.05, 3.63) is 42.0 Å². The van der Waals surface area contributed by atoms with Crippen molar-refractivity contribution in [1.82, 2.24) is 4.90 Å². The molecule has 1 aromatic rings. The zero-order valence-electron chi connectivity index (χ0n) is 9.66. The Hall–Kier alpha value is -1.61. The van der Waals surface area contributed by atoms with E-state index in [1.165, 1.54) is 0 Å². The van der Waals surface area contributed by atoms with Crippen molar-refractivity contribution in [1.29, 1.82) is 0 Å². The number of amides is 1. The molecule has 0 fully saturated rings. The zero-order valence-corrected chi connectivity index (χ0v) is 9.66. The molecule has 3 nitrogen and oxygen atoms in total. The van der Waals surface area contributed by atoms with Gasteiger partial charge in [0.25, 0.3) is 5.91 Å². The first-order valence-corrected chi connectivity index (χ1v) is 5.32. The van der Waals surface area contributed by atoms with E-state index in [1.807, 2.05) is 38.1 Å². The summed E-state index contributed by atoms with van der Waals surface area (Å²) in [5.74, 6) is -0.00366. The van der Waals surface area contributed by atoms with Crippen LogP contribution in [0.2, 0.25) is 0 Å². The molecule has 1 aliphatic heterocycles. The van der Waals surface area contributed by atoms with Crippen molar-refractivity contribution in [2.75, 3.05) is 6.54 Å². The molecule has 0 saturated heterocycles. The first kappa shape index (κ1) is 10.9. The number of rotatable bonds is 2. The summed E-state index contributed by atoms with van der Waals surface area (Å²) >= 11 is 0. The van der Waals surface area contributed by atoms with Crippen LogP contribution in [0.15, 0.2) is 30.8 Å². The molecule has 84 valence electrons. The van der Waals surface area contributed by atoms with Gasteiger partial charge in [0, 0.05) is 23.4 Å². The minimum atomic E-state index is -0.396. The Labute approximate surface area is 95.6 Å². The average Bonchev–Trinajstić information content (AvgIpc) is 2.53. The molecule has 1 aromatic carbocycles. The van der Waals surface area contributed by atoms with E-state index in [1.54, 1.807) is 4.90 Å². The minimum Gasteiger partial charge on any atom is -0.328 e. The van der Waals surface area contributed by atoms with Crippen LogP contribution in [-0.4, -0.2) is 22.9 Å². The quantitative estimate of drug-likeness (QED) is 0.820. The van der Waals surface area contributed by atoms with Gasteiger partial charge in [-0.2, -0.15) is 0 Å². The Morgan fingerprint density at radius 1 is 1.31 bits per heavy atom. The van der Waals surface area contributed by atoms with Gasteiger partial charge in [-0.1, -0.05) is 24.8 Å². The zero-order chi connectivity index (χ0) is 11.9. The maximum Gasteiger partial charge on any atom is 0.259 e. The number of carbonyl (C=O) groups excluding carboxylic acids is 1. The van der Waals surface area contributed by atoms with Crippen molar-refractivity contribution in [3.8, 4) is 0 Å². The normalized spacial score (nSPS) is 15.6. The van der Waals surface area contributed by atoms with Gasteiger partial charge in [-0.15, -0.1) is 0 Å². The van der Waals surface area contributed by atoms with Crippen molar-refractivity contribution in [2.24, 2.45) is 5.73 Å². The number of benzene rings is 1. The Morgan fingerprint density at radius 2 is 1.88 bits per heavy atom. The Kier molecular flexibility index (Phi) is 2.35. The molecule has 0 aromatic heterocycles. The molecule has 0 atom stereocenters. The minimum absolute atomic E-state index is 0.00366. The van der Waals surface area contributed by atoms with Crippen molar-refractivity contribution in [2.45, 2.75) is 19.4 Å². The van der Waals surface area contributed by atoms with Crippen molar-refractivity contribution >= 4 is 11.6 Å². The van der Waals surface area contributed by atoms with Gasteiger partial charge >= 0.3 is 0 Å². The molecular weight excluding hydrogens is 200 g/mol. The first-order valence-electron chi connectivity index (χ1n) is 5.32. The molecule has 1 heterocycles. The summed E-state index contributed by atoms with van der Waals surface area (Å²) in [6.45, 7) is 8.29. The third-order valence-electron chi connectivity index (χ3n) is 3.05. The molecule has 2 rings (SSSR count). The van der Waals surface area contributed by atoms with E-state index < -0.39 is 5.54 Å². The fourth-order valence-electron chi connectivity index (χ4n) is 2.02. The van der Waals surface area contributed by atoms with E-state index in [2.05, 4.69) is 6.58 Å². The number of nitrogens with zero attached hydrogens (tertiary/aromatic N) is 1. The van der Waals surface area contributed by atoms with E-state index in [0.717, 1.165) is 11.3 Å². The number of nitrogens with two attached hydrogens (primary N) is 1. The fraction of sp³-hybridized carbons (Fsp3) is 0.308. The van der Waals surface area contributed by atoms with Crippen molar-refractivity contribution < 1.29 is 4.79 Å². The lowest BCUT2D eigenvalue weighted by Crippen LogP contribution is -2.48. The highest BCUT2D eigenvalue weighted by molar-refractivity contribution is 6.09. The number of hydrogen-bond donors (Lipinski definition) is 1. The van der Waals surface area contributed by atoms with Crippen LogP contribution in [0.5, 0.6) is 0 Å². The highest BCUT2D eigenvalue weighted by atomic mass is 16.2. The predicted octanol–water partition coefficient (Wildman–Crippen LogP) is 1.85. The standard InChI is InChI=1S/C13H16N2O/c1-9-10-6-4-5-7-11(10)12(16)15(9)13(2,3)8-14/h4-7H,1,8,14H2,2-3H3. The predicted molar refractivity (Wildman–Crippen MR) is 64.8 cm³/mol. The third kappa shape index (κ3) is 1.36. The van der Waals surface area contributed by atoms with Crippen LogP contribution < -0.4 is 5.73 Å². The molecule has 16 heavy (non-hydrogen) atoms. The largest absolute Gasteiger partial charge is 0.328 e. The topological polar surface area (TPSA) is 46.3 Å². The molecule has 0 saturated carbocycles. The molecule has 0 unspecified atom stereocenters. The maximum atomic E-state index is 12.2. The highest BCUT2D eigenvalue weighted by Crippen LogP contribution is 2.36. The lowest BCUT2D eigenvalue weighted by molar-refractivity contribution is 0.0738. The molecule has 0 aliphatic carbocycles. The molecule has 2 N–H and O–H groups in total. The van der Waals surface area contributed by atoms with E-state index in [-0.39, 0.29) is 5.91 Å². The second kappa shape index (κ2) is 3.46. The van der Waals surface area contributed by atoms with Gasteiger partial charge in [-0.05, 0) is 19.9 Å². The number of carbonyl (C=O) groups is 1. The lowest BCUT2D eigenvalue weighted by Gasteiger charge is -2.35. The monoisotopic (exact) mass is 216 g/mol. The summed E-state index contributed by atoms with van der Waals surface area (Å²) < 4.78 is 0. The summed E-state index contributed by atoms with van der Waals surface area (Å²) in [6, 6.07) is 7.52. The molecule has 0 bridgehead atoms. The third-order valence-corrected chi connectivity index (χ3v) is 3.05. The van der Waals surface area contributed by atoms with Gasteiger partial charge in [0.2, 0.25) is 0 Å². The van der Waals surface area contributed by atoms with Crippen LogP contribution in [-0.2, 0) is 0 Å². The summed E-state index contributed by atoms with van der Waals surface area (Å²) in [6.07, 6.45) is 0. The highest BCUT2D eigenvalue weighted by Gasteiger charge is 2.39. The second-order valence-corrected chi connectivity index (χ2v) is 4.65. The van der Waals surface area contributed by atoms with Crippen LogP contribution in [0.25, 0.3) is 5.70 Å². The van der Waals surface area contributed by atoms with Crippen LogP contribution in [0.1, 0.15) is 29.8 Å². The molecule has 1 aliphatic rings. The van der Waals surface area contributed by atoms with E-state index in [9.17, 15) is 4.79 Å². The van der Waals surface area contributed by atoms with Crippen LogP contribution in [0, 0.1) is 0 Å². The summed E-state index contributed by atoms with van der Waals surface area (Å²) in [4.78, 5) is 13.9. The van der Waals surface area contributed by atoms with Crippen LogP contribution in [0.4, 0.5) is 0 Å². The van der Waals surface area contributed by atoms with Gasteiger partial charge in [0.05, 0.1) is 5.54 Å². The maximum absolute atomic E-state index is 12.2. The van der Waals surface area contributed by atoms with Gasteiger partial charge in [-0.3, -0.25) is 4.79 Å². The van der Waals surface area contributed by atoms with E-state index >= 15 is 0 Å². The van der Waals surface area contributed by atoms with Gasteiger partial charge in [0.1, 0.15) is 0 Å². The Bertz CT molecular complexity index is 428. The number of hydrogen-bond acceptors (Lipinski definition) is 2. The lowest BCUT2D eigenvalue weighted by atomic mass is 10.0. The van der Waals surface area contributed by atoms with Crippen molar-refractivity contribution in [3.63, 3.8) is 0 Å². The Morgan fingerprint density at radius 3 is 2.38 bits per heavy atom. The SMILES string of the molecule is C=C1c2ccccc2C(=O)N1C(C)(C)CN. The summed E-state index contributed by atoms with van der Waals surface area (Å²) in [7, 11) is 0. The second-order valence-electron chi connectivity index (χ2n) is 4.65. The van der Waals surface area contributed by atoms with Crippen LogP contribution in [0.3, 0.4) is 0 Å². The molecule has 0 radical (unpaired) electrons. The van der Waals surface area contributed by atoms with Gasteiger partial charge in [-0.25, -0.2) is 0 Å². The molecule has 0 spiro atoms. The first-order chi connectivity index (χ1) is 7.49. The van der Waals surface area contributed by atoms with Crippen LogP contribution >= 0.6 is 0 Å². The molecule has 3 heteroatoms. The van der Waals surface area contributed by atoms with Gasteiger partial charge < -0.3 is 10.6 Å². The number of fused-ring (bicyclic) bond motifs is 1. The summed E-state index contributed by atoms with van der Waals surface area (Å²) in [5.41, 5.74) is 7.69. The average molecular weight is 216 g/mol.